The van der Waals surface area contributed by atoms with Crippen LogP contribution in [0.3, 0.4) is 0 Å². The molecule has 0 fully saturated rings. The van der Waals surface area contributed by atoms with E-state index in [2.05, 4.69) is 21.2 Å². The summed E-state index contributed by atoms with van der Waals surface area (Å²) in [6.45, 7) is 0.336. The molecule has 0 aromatic heterocycles. The smallest absolute Gasteiger partial charge is 0.254 e. The minimum absolute atomic E-state index is 0.00124. The predicted molar refractivity (Wildman–Crippen MR) is 58.1 cm³/mol. The second kappa shape index (κ2) is 5.82. The van der Waals surface area contributed by atoms with Gasteiger partial charge >= 0.3 is 0 Å². The molecule has 0 spiro atoms. The van der Waals surface area contributed by atoms with Crippen LogP contribution in [0.25, 0.3) is 0 Å². The first kappa shape index (κ1) is 12.1. The summed E-state index contributed by atoms with van der Waals surface area (Å²) in [4.78, 5) is 11.4. The first-order chi connectivity index (χ1) is 7.15. The van der Waals surface area contributed by atoms with Crippen molar-refractivity contribution >= 4 is 21.8 Å². The average Bonchev–Trinajstić information content (AvgIpc) is 2.22. The Morgan fingerprint density at radius 2 is 2.27 bits per heavy atom. The normalized spacial score (nSPS) is 10.1. The van der Waals surface area contributed by atoms with Gasteiger partial charge < -0.3 is 10.4 Å². The van der Waals surface area contributed by atoms with Crippen LogP contribution in [0, 0.1) is 5.82 Å². The predicted octanol–water partition coefficient (Wildman–Crippen LogP) is 1.70. The molecule has 0 aliphatic heterocycles. The van der Waals surface area contributed by atoms with Crippen molar-refractivity contribution in [2.75, 3.05) is 13.2 Å². The van der Waals surface area contributed by atoms with Gasteiger partial charge in [-0.05, 0) is 24.6 Å². The molecule has 0 saturated heterocycles. The average molecular weight is 276 g/mol. The van der Waals surface area contributed by atoms with E-state index in [-0.39, 0.29) is 12.2 Å². The number of halogens is 2. The molecule has 0 heterocycles. The summed E-state index contributed by atoms with van der Waals surface area (Å²) in [6, 6.07) is 4.18. The topological polar surface area (TPSA) is 49.3 Å². The summed E-state index contributed by atoms with van der Waals surface area (Å²) < 4.78 is 13.8. The van der Waals surface area contributed by atoms with Crippen molar-refractivity contribution in [1.82, 2.24) is 5.32 Å². The van der Waals surface area contributed by atoms with Gasteiger partial charge in [-0.15, -0.1) is 0 Å². The third-order valence-corrected chi connectivity index (χ3v) is 2.29. The van der Waals surface area contributed by atoms with E-state index >= 15 is 0 Å². The summed E-state index contributed by atoms with van der Waals surface area (Å²) >= 11 is 3.16. The summed E-state index contributed by atoms with van der Waals surface area (Å²) in [6.07, 6.45) is 0.460. The number of carbonyl (C=O) groups excluding carboxylic acids is 1. The van der Waals surface area contributed by atoms with Crippen LogP contribution in [0.5, 0.6) is 0 Å². The lowest BCUT2D eigenvalue weighted by molar-refractivity contribution is 0.0947. The zero-order valence-corrected chi connectivity index (χ0v) is 9.55. The maximum absolute atomic E-state index is 13.2. The van der Waals surface area contributed by atoms with E-state index in [1.54, 1.807) is 0 Å². The largest absolute Gasteiger partial charge is 0.396 e. The van der Waals surface area contributed by atoms with E-state index in [1.165, 1.54) is 18.2 Å². The van der Waals surface area contributed by atoms with Crippen molar-refractivity contribution in [1.29, 1.82) is 0 Å². The van der Waals surface area contributed by atoms with Crippen LogP contribution in [0.15, 0.2) is 22.7 Å². The van der Waals surface area contributed by atoms with Crippen LogP contribution < -0.4 is 5.32 Å². The van der Waals surface area contributed by atoms with Crippen molar-refractivity contribution in [3.63, 3.8) is 0 Å². The Hall–Kier alpha value is -0.940. The third kappa shape index (κ3) is 3.60. The highest BCUT2D eigenvalue weighted by Crippen LogP contribution is 2.15. The fourth-order valence-corrected chi connectivity index (χ4v) is 1.41. The van der Waals surface area contributed by atoms with E-state index in [4.69, 9.17) is 5.11 Å². The highest BCUT2D eigenvalue weighted by Gasteiger charge is 2.10. The summed E-state index contributed by atoms with van der Waals surface area (Å²) in [5.74, 6) is -1.03. The Labute approximate surface area is 95.4 Å². The quantitative estimate of drug-likeness (QED) is 0.822. The number of aliphatic hydroxyl groups excluding tert-OH is 1. The Balaban J connectivity index is 2.68. The van der Waals surface area contributed by atoms with E-state index in [0.717, 1.165) is 0 Å². The number of carbonyl (C=O) groups is 1. The van der Waals surface area contributed by atoms with Gasteiger partial charge in [0, 0.05) is 17.6 Å². The molecule has 3 nitrogen and oxygen atoms in total. The Kier molecular flexibility index (Phi) is 4.71. The van der Waals surface area contributed by atoms with Crippen LogP contribution in [-0.4, -0.2) is 24.2 Å². The van der Waals surface area contributed by atoms with Gasteiger partial charge in [0.25, 0.3) is 5.91 Å². The minimum atomic E-state index is -0.556. The van der Waals surface area contributed by atoms with Crippen LogP contribution in [0.2, 0.25) is 0 Å². The number of nitrogens with one attached hydrogen (secondary N) is 1. The molecule has 5 heteroatoms. The van der Waals surface area contributed by atoms with Crippen molar-refractivity contribution in [2.45, 2.75) is 6.42 Å². The summed E-state index contributed by atoms with van der Waals surface area (Å²) in [5, 5.41) is 11.0. The van der Waals surface area contributed by atoms with Crippen LogP contribution >= 0.6 is 15.9 Å². The minimum Gasteiger partial charge on any atom is -0.396 e. The molecule has 1 aromatic rings. The van der Waals surface area contributed by atoms with Gasteiger partial charge in [-0.1, -0.05) is 15.9 Å². The molecule has 15 heavy (non-hydrogen) atoms. The maximum Gasteiger partial charge on any atom is 0.254 e. The monoisotopic (exact) mass is 275 g/mol. The number of aliphatic hydroxyl groups is 1. The zero-order chi connectivity index (χ0) is 11.3. The number of hydrogen-bond acceptors (Lipinski definition) is 2. The van der Waals surface area contributed by atoms with Gasteiger partial charge in [0.2, 0.25) is 0 Å². The molecule has 0 atom stereocenters. The van der Waals surface area contributed by atoms with Crippen LogP contribution in [0.4, 0.5) is 4.39 Å². The van der Waals surface area contributed by atoms with Gasteiger partial charge in [-0.2, -0.15) is 0 Å². The number of benzene rings is 1. The van der Waals surface area contributed by atoms with Crippen LogP contribution in [-0.2, 0) is 0 Å². The molecule has 0 aliphatic carbocycles. The molecule has 1 aromatic carbocycles. The molecule has 0 aliphatic rings. The van der Waals surface area contributed by atoms with Gasteiger partial charge in [-0.3, -0.25) is 4.79 Å². The van der Waals surface area contributed by atoms with Crippen LogP contribution in [0.1, 0.15) is 16.8 Å². The first-order valence-corrected chi connectivity index (χ1v) is 5.28. The third-order valence-electron chi connectivity index (χ3n) is 1.79. The van der Waals surface area contributed by atoms with E-state index in [0.29, 0.717) is 17.4 Å². The van der Waals surface area contributed by atoms with E-state index < -0.39 is 11.7 Å². The molecular weight excluding hydrogens is 265 g/mol. The number of hydrogen-bond donors (Lipinski definition) is 2. The lowest BCUT2D eigenvalue weighted by Gasteiger charge is -2.05. The van der Waals surface area contributed by atoms with Gasteiger partial charge in [0.05, 0.1) is 5.56 Å². The molecular formula is C10H11BrFNO2. The summed E-state index contributed by atoms with van der Waals surface area (Å²) in [7, 11) is 0. The molecule has 0 saturated carbocycles. The molecule has 2 N–H and O–H groups in total. The van der Waals surface area contributed by atoms with Gasteiger partial charge in [0.15, 0.2) is 0 Å². The highest BCUT2D eigenvalue weighted by atomic mass is 79.9. The Morgan fingerprint density at radius 3 is 2.93 bits per heavy atom. The van der Waals surface area contributed by atoms with E-state index in [1.807, 2.05) is 0 Å². The van der Waals surface area contributed by atoms with Gasteiger partial charge in [0.1, 0.15) is 5.82 Å². The molecule has 0 bridgehead atoms. The molecule has 1 rings (SSSR count). The first-order valence-electron chi connectivity index (χ1n) is 4.49. The Morgan fingerprint density at radius 1 is 1.53 bits per heavy atom. The Bertz CT molecular complexity index is 357. The summed E-state index contributed by atoms with van der Waals surface area (Å²) in [5.41, 5.74) is 0.00214. The van der Waals surface area contributed by atoms with Crippen molar-refractivity contribution in [3.05, 3.63) is 34.1 Å². The molecule has 1 amide bonds. The second-order valence-corrected chi connectivity index (χ2v) is 3.87. The highest BCUT2D eigenvalue weighted by molar-refractivity contribution is 9.10. The van der Waals surface area contributed by atoms with Crippen molar-refractivity contribution in [3.8, 4) is 0 Å². The standard InChI is InChI=1S/C10H11BrFNO2/c11-7-2-3-9(12)8(6-7)10(15)13-4-1-5-14/h2-3,6,14H,1,4-5H2,(H,13,15). The second-order valence-electron chi connectivity index (χ2n) is 2.96. The van der Waals surface area contributed by atoms with Gasteiger partial charge in [-0.25, -0.2) is 4.39 Å². The van der Waals surface area contributed by atoms with Crippen molar-refractivity contribution < 1.29 is 14.3 Å². The number of amides is 1. The lowest BCUT2D eigenvalue weighted by Crippen LogP contribution is -2.25. The maximum atomic E-state index is 13.2. The van der Waals surface area contributed by atoms with Crippen molar-refractivity contribution in [2.24, 2.45) is 0 Å². The fourth-order valence-electron chi connectivity index (χ4n) is 1.05. The number of rotatable bonds is 4. The SMILES string of the molecule is O=C(NCCCO)c1cc(Br)ccc1F. The molecule has 82 valence electrons. The van der Waals surface area contributed by atoms with E-state index in [9.17, 15) is 9.18 Å². The lowest BCUT2D eigenvalue weighted by atomic mass is 10.2. The molecule has 0 unspecified atom stereocenters. The zero-order valence-electron chi connectivity index (χ0n) is 7.96. The fraction of sp³-hybridized carbons (Fsp3) is 0.300. The molecule has 0 radical (unpaired) electrons.